The normalized spacial score (nSPS) is 25.2. The van der Waals surface area contributed by atoms with E-state index < -0.39 is 0 Å². The summed E-state index contributed by atoms with van der Waals surface area (Å²) in [6.45, 7) is 1.30. The van der Waals surface area contributed by atoms with Gasteiger partial charge in [0.25, 0.3) is 5.91 Å². The first-order chi connectivity index (χ1) is 15.6. The molecule has 0 spiro atoms. The summed E-state index contributed by atoms with van der Waals surface area (Å²) < 4.78 is 0. The molecule has 2 N–H and O–H groups in total. The molecule has 1 amide bonds. The van der Waals surface area contributed by atoms with Crippen molar-refractivity contribution in [3.8, 4) is 0 Å². The molecule has 0 bridgehead atoms. The van der Waals surface area contributed by atoms with Crippen molar-refractivity contribution in [3.63, 3.8) is 0 Å². The second-order valence-electron chi connectivity index (χ2n) is 8.95. The summed E-state index contributed by atoms with van der Waals surface area (Å²) in [5, 5.41) is 8.90. The van der Waals surface area contributed by atoms with Crippen LogP contribution in [0, 0.1) is 11.3 Å². The predicted molar refractivity (Wildman–Crippen MR) is 128 cm³/mol. The monoisotopic (exact) mass is 450 g/mol. The Morgan fingerprint density at radius 1 is 1.16 bits per heavy atom. The maximum absolute atomic E-state index is 13.4. The highest BCUT2D eigenvalue weighted by atomic mass is 35.5. The van der Waals surface area contributed by atoms with Crippen LogP contribution in [0.1, 0.15) is 48.2 Å². The molecule has 5 nitrogen and oxygen atoms in total. The SMILES string of the molecule is NCC1(C2C=CC=C(Cl)C2)CCC(N(CCc2ccccc2)C(=O)c2cccnn2)CC1. The first-order valence-electron chi connectivity index (χ1n) is 11.5. The quantitative estimate of drug-likeness (QED) is 0.660. The van der Waals surface area contributed by atoms with E-state index in [9.17, 15) is 4.79 Å². The Morgan fingerprint density at radius 2 is 1.94 bits per heavy atom. The van der Waals surface area contributed by atoms with Crippen molar-refractivity contribution in [1.29, 1.82) is 0 Å². The summed E-state index contributed by atoms with van der Waals surface area (Å²) in [5.74, 6) is 0.322. The van der Waals surface area contributed by atoms with Gasteiger partial charge in [-0.2, -0.15) is 5.10 Å². The Hall–Kier alpha value is -2.50. The van der Waals surface area contributed by atoms with Crippen LogP contribution in [0.5, 0.6) is 0 Å². The molecule has 1 heterocycles. The number of nitrogens with two attached hydrogens (primary N) is 1. The van der Waals surface area contributed by atoms with Crippen molar-refractivity contribution in [1.82, 2.24) is 15.1 Å². The summed E-state index contributed by atoms with van der Waals surface area (Å²) in [6.07, 6.45) is 13.4. The number of rotatable bonds is 7. The average molecular weight is 451 g/mol. The van der Waals surface area contributed by atoms with Crippen LogP contribution in [0.2, 0.25) is 0 Å². The third-order valence-corrected chi connectivity index (χ3v) is 7.44. The Bertz CT molecular complexity index is 952. The predicted octanol–water partition coefficient (Wildman–Crippen LogP) is 4.75. The molecule has 168 valence electrons. The summed E-state index contributed by atoms with van der Waals surface area (Å²) in [6, 6.07) is 14.0. The van der Waals surface area contributed by atoms with E-state index in [-0.39, 0.29) is 17.4 Å². The number of hydrogen-bond donors (Lipinski definition) is 1. The topological polar surface area (TPSA) is 72.1 Å². The van der Waals surface area contributed by atoms with Gasteiger partial charge in [0.2, 0.25) is 0 Å². The maximum atomic E-state index is 13.4. The van der Waals surface area contributed by atoms with Gasteiger partial charge in [-0.15, -0.1) is 5.10 Å². The van der Waals surface area contributed by atoms with Crippen LogP contribution in [0.15, 0.2) is 71.9 Å². The van der Waals surface area contributed by atoms with Gasteiger partial charge in [0, 0.05) is 23.8 Å². The van der Waals surface area contributed by atoms with Gasteiger partial charge in [-0.25, -0.2) is 0 Å². The smallest absolute Gasteiger partial charge is 0.274 e. The standard InChI is InChI=1S/C26H31ClN4O/c27-22-9-4-8-21(18-22)26(19-28)14-11-23(12-15-26)31(17-13-20-6-2-1-3-7-20)25(32)24-10-5-16-29-30-24/h1-10,16,21,23H,11-15,17-19,28H2. The molecule has 2 aromatic rings. The zero-order valence-electron chi connectivity index (χ0n) is 18.4. The lowest BCUT2D eigenvalue weighted by Crippen LogP contribution is -2.49. The first kappa shape index (κ1) is 22.7. The number of carbonyl (C=O) groups excluding carboxylic acids is 1. The van der Waals surface area contributed by atoms with Crippen molar-refractivity contribution < 1.29 is 4.79 Å². The zero-order chi connectivity index (χ0) is 22.4. The van der Waals surface area contributed by atoms with Crippen LogP contribution in [0.4, 0.5) is 0 Å². The minimum Gasteiger partial charge on any atom is -0.334 e. The Kier molecular flexibility index (Phi) is 7.38. The summed E-state index contributed by atoms with van der Waals surface area (Å²) >= 11 is 6.34. The van der Waals surface area contributed by atoms with E-state index in [1.165, 1.54) is 5.56 Å². The lowest BCUT2D eigenvalue weighted by molar-refractivity contribution is 0.0451. The van der Waals surface area contributed by atoms with Crippen molar-refractivity contribution in [2.45, 2.75) is 44.6 Å². The second kappa shape index (κ2) is 10.4. The van der Waals surface area contributed by atoms with Gasteiger partial charge in [-0.3, -0.25) is 4.79 Å². The fraction of sp³-hybridized carbons (Fsp3) is 0.423. The number of aromatic nitrogens is 2. The Morgan fingerprint density at radius 3 is 2.59 bits per heavy atom. The number of halogens is 1. The molecule has 6 heteroatoms. The van der Waals surface area contributed by atoms with Gasteiger partial charge in [-0.1, -0.05) is 54.1 Å². The molecule has 2 aliphatic rings. The first-order valence-corrected chi connectivity index (χ1v) is 11.8. The van der Waals surface area contributed by atoms with E-state index in [1.807, 2.05) is 29.2 Å². The van der Waals surface area contributed by atoms with E-state index in [1.54, 1.807) is 18.3 Å². The highest BCUT2D eigenvalue weighted by molar-refractivity contribution is 6.29. The third-order valence-electron chi connectivity index (χ3n) is 7.16. The number of nitrogens with zero attached hydrogens (tertiary/aromatic N) is 3. The molecular formula is C26H31ClN4O. The zero-order valence-corrected chi connectivity index (χ0v) is 19.1. The molecule has 1 unspecified atom stereocenters. The molecule has 1 aromatic heterocycles. The van der Waals surface area contributed by atoms with Crippen LogP contribution in [-0.4, -0.2) is 40.1 Å². The summed E-state index contributed by atoms with van der Waals surface area (Å²) in [7, 11) is 0. The molecule has 1 aromatic carbocycles. The minimum absolute atomic E-state index is 0.0391. The van der Waals surface area contributed by atoms with Crippen LogP contribution >= 0.6 is 11.6 Å². The van der Waals surface area contributed by atoms with Gasteiger partial charge < -0.3 is 10.6 Å². The van der Waals surface area contributed by atoms with Crippen LogP contribution in [0.3, 0.4) is 0 Å². The molecule has 0 saturated heterocycles. The van der Waals surface area contributed by atoms with Crippen molar-refractivity contribution in [3.05, 3.63) is 83.2 Å². The van der Waals surface area contributed by atoms with Gasteiger partial charge in [0.1, 0.15) is 0 Å². The van der Waals surface area contributed by atoms with Crippen molar-refractivity contribution in [2.24, 2.45) is 17.1 Å². The molecule has 0 aliphatic heterocycles. The number of allylic oxidation sites excluding steroid dienone is 4. The highest BCUT2D eigenvalue weighted by Crippen LogP contribution is 2.47. The lowest BCUT2D eigenvalue weighted by Gasteiger charge is -2.47. The fourth-order valence-corrected chi connectivity index (χ4v) is 5.42. The van der Waals surface area contributed by atoms with E-state index >= 15 is 0 Å². The fourth-order valence-electron chi connectivity index (χ4n) is 5.18. The largest absolute Gasteiger partial charge is 0.334 e. The van der Waals surface area contributed by atoms with Crippen LogP contribution in [0.25, 0.3) is 0 Å². The molecule has 0 radical (unpaired) electrons. The van der Waals surface area contributed by atoms with Crippen LogP contribution in [-0.2, 0) is 6.42 Å². The molecule has 1 saturated carbocycles. The number of hydrogen-bond acceptors (Lipinski definition) is 4. The van der Waals surface area contributed by atoms with Crippen LogP contribution < -0.4 is 5.73 Å². The van der Waals surface area contributed by atoms with E-state index in [2.05, 4.69) is 34.5 Å². The Labute approximate surface area is 195 Å². The maximum Gasteiger partial charge on any atom is 0.274 e. The number of benzene rings is 1. The molecule has 32 heavy (non-hydrogen) atoms. The van der Waals surface area contributed by atoms with Gasteiger partial charge in [-0.05, 0) is 80.2 Å². The molecular weight excluding hydrogens is 420 g/mol. The third kappa shape index (κ3) is 5.11. The van der Waals surface area contributed by atoms with Gasteiger partial charge >= 0.3 is 0 Å². The van der Waals surface area contributed by atoms with Crippen molar-refractivity contribution in [2.75, 3.05) is 13.1 Å². The Balaban J connectivity index is 1.49. The summed E-state index contributed by atoms with van der Waals surface area (Å²) in [4.78, 5) is 15.4. The number of amides is 1. The second-order valence-corrected chi connectivity index (χ2v) is 9.44. The van der Waals surface area contributed by atoms with Gasteiger partial charge in [0.05, 0.1) is 0 Å². The highest BCUT2D eigenvalue weighted by Gasteiger charge is 2.42. The molecule has 1 fully saturated rings. The number of carbonyl (C=O) groups is 1. The van der Waals surface area contributed by atoms with E-state index in [4.69, 9.17) is 17.3 Å². The van der Waals surface area contributed by atoms with E-state index in [0.29, 0.717) is 24.7 Å². The lowest BCUT2D eigenvalue weighted by atomic mass is 9.63. The van der Waals surface area contributed by atoms with Gasteiger partial charge in [0.15, 0.2) is 5.69 Å². The summed E-state index contributed by atoms with van der Waals surface area (Å²) in [5.41, 5.74) is 8.00. The molecule has 1 atom stereocenters. The van der Waals surface area contributed by atoms with Crippen molar-refractivity contribution >= 4 is 17.5 Å². The van der Waals surface area contributed by atoms with E-state index in [0.717, 1.165) is 43.6 Å². The molecule has 4 rings (SSSR count). The average Bonchev–Trinajstić information content (AvgIpc) is 2.85. The minimum atomic E-state index is -0.0391. The molecule has 2 aliphatic carbocycles.